The molecule has 82 valence electrons. The highest BCUT2D eigenvalue weighted by Gasteiger charge is 2.03. The van der Waals surface area contributed by atoms with Crippen LogP contribution in [0.3, 0.4) is 0 Å². The molecule has 0 spiro atoms. The molecule has 0 atom stereocenters. The molecule has 0 fully saturated rings. The quantitative estimate of drug-likeness (QED) is 0.781. The number of nitrogens with one attached hydrogen (secondary N) is 2. The van der Waals surface area contributed by atoms with Gasteiger partial charge in [0.1, 0.15) is 0 Å². The molecule has 1 aromatic carbocycles. The van der Waals surface area contributed by atoms with Gasteiger partial charge in [0.15, 0.2) is 4.77 Å². The fraction of sp³-hybridized carbons (Fsp3) is 0.167. The molecule has 0 aliphatic heterocycles. The van der Waals surface area contributed by atoms with E-state index in [4.69, 9.17) is 12.2 Å². The second kappa shape index (κ2) is 4.45. The first-order valence-electron chi connectivity index (χ1n) is 5.03. The van der Waals surface area contributed by atoms with Crippen LogP contribution in [0.25, 0.3) is 0 Å². The van der Waals surface area contributed by atoms with Gasteiger partial charge in [-0.25, -0.2) is 0 Å². The maximum Gasteiger partial charge on any atom is 0.254 e. The first-order valence-corrected chi connectivity index (χ1v) is 5.43. The molecule has 1 heterocycles. The third-order valence-electron chi connectivity index (χ3n) is 2.51. The Balaban J connectivity index is 2.43. The minimum atomic E-state index is -0.116. The predicted molar refractivity (Wildman–Crippen MR) is 66.2 cm³/mol. The van der Waals surface area contributed by atoms with E-state index < -0.39 is 0 Å². The predicted octanol–water partition coefficient (Wildman–Crippen LogP) is 2.33. The van der Waals surface area contributed by atoms with Crippen molar-refractivity contribution in [3.8, 4) is 0 Å². The highest BCUT2D eigenvalue weighted by molar-refractivity contribution is 7.71. The SMILES string of the molecule is Cc1c(Cc2ccccc2)[nH]c(=S)[nH]c1=O. The average molecular weight is 232 g/mol. The van der Waals surface area contributed by atoms with Crippen LogP contribution in [-0.2, 0) is 6.42 Å². The smallest absolute Gasteiger partial charge is 0.254 e. The Labute approximate surface area is 98.2 Å². The van der Waals surface area contributed by atoms with Crippen LogP contribution < -0.4 is 5.56 Å². The van der Waals surface area contributed by atoms with Crippen molar-refractivity contribution >= 4 is 12.2 Å². The van der Waals surface area contributed by atoms with Crippen LogP contribution in [0.2, 0.25) is 0 Å². The third-order valence-corrected chi connectivity index (χ3v) is 2.71. The summed E-state index contributed by atoms with van der Waals surface area (Å²) in [5.41, 5.74) is 2.61. The van der Waals surface area contributed by atoms with Gasteiger partial charge in [-0.05, 0) is 24.7 Å². The fourth-order valence-corrected chi connectivity index (χ4v) is 1.79. The van der Waals surface area contributed by atoms with E-state index in [1.807, 2.05) is 30.3 Å². The minimum Gasteiger partial charge on any atom is -0.335 e. The summed E-state index contributed by atoms with van der Waals surface area (Å²) in [6, 6.07) is 9.98. The van der Waals surface area contributed by atoms with Gasteiger partial charge in [-0.3, -0.25) is 9.78 Å². The summed E-state index contributed by atoms with van der Waals surface area (Å²) < 4.78 is 0.376. The summed E-state index contributed by atoms with van der Waals surface area (Å²) in [4.78, 5) is 17.1. The molecule has 0 saturated carbocycles. The molecule has 0 aliphatic rings. The standard InChI is InChI=1S/C12H12N2OS/c1-8-10(13-12(16)14-11(8)15)7-9-5-3-2-4-6-9/h2-6H,7H2,1H3,(H2,13,14,15,16). The van der Waals surface area contributed by atoms with Crippen molar-refractivity contribution < 1.29 is 0 Å². The first kappa shape index (κ1) is 10.8. The van der Waals surface area contributed by atoms with Gasteiger partial charge in [-0.2, -0.15) is 0 Å². The van der Waals surface area contributed by atoms with E-state index >= 15 is 0 Å². The molecular weight excluding hydrogens is 220 g/mol. The van der Waals surface area contributed by atoms with Gasteiger partial charge < -0.3 is 4.98 Å². The van der Waals surface area contributed by atoms with E-state index in [0.717, 1.165) is 11.3 Å². The average Bonchev–Trinajstić information content (AvgIpc) is 2.27. The number of H-pyrrole nitrogens is 2. The Hall–Kier alpha value is -1.68. The van der Waals surface area contributed by atoms with E-state index in [0.29, 0.717) is 16.8 Å². The molecule has 0 bridgehead atoms. The van der Waals surface area contributed by atoms with Gasteiger partial charge in [0.2, 0.25) is 0 Å². The molecule has 0 amide bonds. The van der Waals surface area contributed by atoms with Gasteiger partial charge in [0.25, 0.3) is 5.56 Å². The monoisotopic (exact) mass is 232 g/mol. The Morgan fingerprint density at radius 2 is 1.88 bits per heavy atom. The number of hydrogen-bond donors (Lipinski definition) is 2. The lowest BCUT2D eigenvalue weighted by Crippen LogP contribution is -2.14. The Morgan fingerprint density at radius 3 is 2.56 bits per heavy atom. The fourth-order valence-electron chi connectivity index (χ4n) is 1.57. The summed E-state index contributed by atoms with van der Waals surface area (Å²) in [6.07, 6.45) is 0.695. The number of aromatic amines is 2. The molecule has 3 nitrogen and oxygen atoms in total. The van der Waals surface area contributed by atoms with Crippen LogP contribution in [0.15, 0.2) is 35.1 Å². The number of aromatic nitrogens is 2. The van der Waals surface area contributed by atoms with Crippen LogP contribution in [0.5, 0.6) is 0 Å². The number of hydrogen-bond acceptors (Lipinski definition) is 2. The summed E-state index contributed by atoms with van der Waals surface area (Å²) >= 11 is 4.95. The van der Waals surface area contributed by atoms with Crippen molar-refractivity contribution in [3.05, 3.63) is 62.3 Å². The highest BCUT2D eigenvalue weighted by atomic mass is 32.1. The summed E-state index contributed by atoms with van der Waals surface area (Å²) in [5, 5.41) is 0. The second-order valence-electron chi connectivity index (χ2n) is 3.67. The van der Waals surface area contributed by atoms with Crippen molar-refractivity contribution in [1.29, 1.82) is 0 Å². The normalized spacial score (nSPS) is 10.3. The van der Waals surface area contributed by atoms with E-state index in [1.54, 1.807) is 6.92 Å². The molecule has 0 radical (unpaired) electrons. The van der Waals surface area contributed by atoms with Crippen molar-refractivity contribution in [1.82, 2.24) is 9.97 Å². The molecule has 0 aliphatic carbocycles. The number of rotatable bonds is 2. The van der Waals surface area contributed by atoms with Gasteiger partial charge in [0, 0.05) is 17.7 Å². The van der Waals surface area contributed by atoms with E-state index in [-0.39, 0.29) is 5.56 Å². The molecule has 2 N–H and O–H groups in total. The van der Waals surface area contributed by atoms with Gasteiger partial charge in [-0.15, -0.1) is 0 Å². The van der Waals surface area contributed by atoms with Crippen LogP contribution in [0.4, 0.5) is 0 Å². The lowest BCUT2D eigenvalue weighted by atomic mass is 10.1. The van der Waals surface area contributed by atoms with Crippen LogP contribution in [0.1, 0.15) is 16.8 Å². The zero-order chi connectivity index (χ0) is 11.5. The Morgan fingerprint density at radius 1 is 1.19 bits per heavy atom. The second-order valence-corrected chi connectivity index (χ2v) is 4.08. The van der Waals surface area contributed by atoms with Gasteiger partial charge >= 0.3 is 0 Å². The van der Waals surface area contributed by atoms with Gasteiger partial charge in [-0.1, -0.05) is 30.3 Å². The Kier molecular flexibility index (Phi) is 3.01. The molecule has 2 aromatic rings. The maximum atomic E-state index is 11.5. The molecular formula is C12H12N2OS. The van der Waals surface area contributed by atoms with Gasteiger partial charge in [0.05, 0.1) is 0 Å². The Bertz CT molecular complexity index is 598. The molecule has 0 saturated heterocycles. The van der Waals surface area contributed by atoms with Crippen molar-refractivity contribution in [2.75, 3.05) is 0 Å². The molecule has 1 aromatic heterocycles. The van der Waals surface area contributed by atoms with Crippen molar-refractivity contribution in [2.24, 2.45) is 0 Å². The molecule has 16 heavy (non-hydrogen) atoms. The summed E-state index contributed by atoms with van der Waals surface area (Å²) in [5.74, 6) is 0. The molecule has 0 unspecified atom stereocenters. The van der Waals surface area contributed by atoms with Crippen LogP contribution in [-0.4, -0.2) is 9.97 Å². The topological polar surface area (TPSA) is 48.6 Å². The largest absolute Gasteiger partial charge is 0.335 e. The van der Waals surface area contributed by atoms with Crippen molar-refractivity contribution in [2.45, 2.75) is 13.3 Å². The van der Waals surface area contributed by atoms with Crippen LogP contribution in [0, 0.1) is 11.7 Å². The van der Waals surface area contributed by atoms with E-state index in [2.05, 4.69) is 9.97 Å². The molecule has 2 rings (SSSR count). The minimum absolute atomic E-state index is 0.116. The summed E-state index contributed by atoms with van der Waals surface area (Å²) in [6.45, 7) is 1.79. The molecule has 4 heteroatoms. The maximum absolute atomic E-state index is 11.5. The third kappa shape index (κ3) is 2.28. The van der Waals surface area contributed by atoms with E-state index in [1.165, 1.54) is 0 Å². The highest BCUT2D eigenvalue weighted by Crippen LogP contribution is 2.07. The number of benzene rings is 1. The summed E-state index contributed by atoms with van der Waals surface area (Å²) in [7, 11) is 0. The van der Waals surface area contributed by atoms with Crippen molar-refractivity contribution in [3.63, 3.8) is 0 Å². The van der Waals surface area contributed by atoms with E-state index in [9.17, 15) is 4.79 Å². The zero-order valence-electron chi connectivity index (χ0n) is 8.91. The first-order chi connectivity index (χ1) is 7.66. The zero-order valence-corrected chi connectivity index (χ0v) is 9.73. The lowest BCUT2D eigenvalue weighted by Gasteiger charge is -2.04. The van der Waals surface area contributed by atoms with Crippen LogP contribution >= 0.6 is 12.2 Å². The lowest BCUT2D eigenvalue weighted by molar-refractivity contribution is 0.953.